The molecule has 0 saturated heterocycles. The Balaban J connectivity index is 4.58. The molecular formula is C46H89NO5. The Bertz CT molecular complexity index is 787. The number of rotatable bonds is 41. The Hall–Kier alpha value is -1.40. The van der Waals surface area contributed by atoms with Crippen LogP contribution in [0.3, 0.4) is 0 Å². The van der Waals surface area contributed by atoms with Gasteiger partial charge in [0.25, 0.3) is 0 Å². The highest BCUT2D eigenvalue weighted by Crippen LogP contribution is 2.17. The summed E-state index contributed by atoms with van der Waals surface area (Å²) in [5.41, 5.74) is 0. The minimum absolute atomic E-state index is 0.0626. The van der Waals surface area contributed by atoms with Crippen molar-refractivity contribution in [2.24, 2.45) is 0 Å². The first-order chi connectivity index (χ1) is 25.5. The number of unbranched alkanes of at least 4 members (excludes halogenated alkanes) is 27. The second-order valence-corrected chi connectivity index (χ2v) is 15.8. The van der Waals surface area contributed by atoms with Gasteiger partial charge in [0.15, 0.2) is 0 Å². The zero-order chi connectivity index (χ0) is 38.2. The van der Waals surface area contributed by atoms with Crippen LogP contribution >= 0.6 is 0 Å². The number of ether oxygens (including phenoxy) is 1. The van der Waals surface area contributed by atoms with Crippen molar-refractivity contribution in [3.05, 3.63) is 12.2 Å². The molecule has 1 amide bonds. The van der Waals surface area contributed by atoms with Gasteiger partial charge in [0, 0.05) is 6.42 Å². The number of hydrogen-bond acceptors (Lipinski definition) is 5. The second kappa shape index (κ2) is 40.8. The van der Waals surface area contributed by atoms with E-state index in [1.54, 1.807) is 0 Å². The standard InChI is InChI=1S/C46H89NO5/c1-4-7-10-13-16-19-21-23-26-28-31-34-37-42(52-46(51)39-36-33-30-25-18-15-12-9-6-3)40-45(50)47-43(41-48)44(49)38-35-32-29-27-24-22-20-17-14-11-8-5-2/h26,28,42-44,48-49H,4-25,27,29-41H2,1-3H3,(H,47,50)/b28-26-. The van der Waals surface area contributed by atoms with E-state index >= 15 is 0 Å². The molecular weight excluding hydrogens is 647 g/mol. The van der Waals surface area contributed by atoms with Crippen LogP contribution in [0.1, 0.15) is 245 Å². The van der Waals surface area contributed by atoms with Crippen molar-refractivity contribution >= 4 is 11.9 Å². The van der Waals surface area contributed by atoms with E-state index in [0.29, 0.717) is 19.3 Å². The van der Waals surface area contributed by atoms with Crippen molar-refractivity contribution in [1.82, 2.24) is 5.32 Å². The predicted octanol–water partition coefficient (Wildman–Crippen LogP) is 13.0. The third kappa shape index (κ3) is 35.6. The Kier molecular flexibility index (Phi) is 39.7. The van der Waals surface area contributed by atoms with Crippen LogP contribution in [0.4, 0.5) is 0 Å². The average molecular weight is 736 g/mol. The quantitative estimate of drug-likeness (QED) is 0.0330. The van der Waals surface area contributed by atoms with Crippen molar-refractivity contribution in [3.63, 3.8) is 0 Å². The molecule has 0 aromatic rings. The first-order valence-electron chi connectivity index (χ1n) is 22.9. The predicted molar refractivity (Wildman–Crippen MR) is 223 cm³/mol. The summed E-state index contributed by atoms with van der Waals surface area (Å²) in [4.78, 5) is 25.9. The lowest BCUT2D eigenvalue weighted by molar-refractivity contribution is -0.151. The lowest BCUT2D eigenvalue weighted by Crippen LogP contribution is -2.46. The maximum Gasteiger partial charge on any atom is 0.306 e. The van der Waals surface area contributed by atoms with Gasteiger partial charge in [0.05, 0.1) is 25.2 Å². The molecule has 0 fully saturated rings. The number of aliphatic hydroxyl groups excluding tert-OH is 2. The molecule has 0 heterocycles. The number of allylic oxidation sites excluding steroid dienone is 2. The van der Waals surface area contributed by atoms with Crippen LogP contribution in [-0.2, 0) is 14.3 Å². The fourth-order valence-corrected chi connectivity index (χ4v) is 7.08. The topological polar surface area (TPSA) is 95.9 Å². The lowest BCUT2D eigenvalue weighted by Gasteiger charge is -2.24. The molecule has 0 saturated carbocycles. The Morgan fingerprint density at radius 2 is 0.942 bits per heavy atom. The smallest absolute Gasteiger partial charge is 0.306 e. The van der Waals surface area contributed by atoms with E-state index < -0.39 is 18.2 Å². The van der Waals surface area contributed by atoms with Crippen molar-refractivity contribution in [1.29, 1.82) is 0 Å². The second-order valence-electron chi connectivity index (χ2n) is 15.8. The maximum absolute atomic E-state index is 13.1. The molecule has 3 unspecified atom stereocenters. The van der Waals surface area contributed by atoms with E-state index in [2.05, 4.69) is 38.2 Å². The third-order valence-corrected chi connectivity index (χ3v) is 10.6. The van der Waals surface area contributed by atoms with Crippen LogP contribution in [0.15, 0.2) is 12.2 Å². The van der Waals surface area contributed by atoms with Crippen LogP contribution in [0.2, 0.25) is 0 Å². The summed E-state index contributed by atoms with van der Waals surface area (Å²) in [6.07, 6.45) is 42.7. The molecule has 0 spiro atoms. The van der Waals surface area contributed by atoms with Crippen molar-refractivity contribution < 1.29 is 24.5 Å². The van der Waals surface area contributed by atoms with Gasteiger partial charge in [0.1, 0.15) is 6.10 Å². The molecule has 0 radical (unpaired) electrons. The minimum atomic E-state index is -0.786. The highest BCUT2D eigenvalue weighted by Gasteiger charge is 2.24. The summed E-state index contributed by atoms with van der Waals surface area (Å²) in [6.45, 7) is 6.44. The van der Waals surface area contributed by atoms with E-state index in [1.165, 1.54) is 148 Å². The van der Waals surface area contributed by atoms with Gasteiger partial charge < -0.3 is 20.3 Å². The summed E-state index contributed by atoms with van der Waals surface area (Å²) in [5.74, 6) is -0.496. The summed E-state index contributed by atoms with van der Waals surface area (Å²) in [6, 6.07) is -0.701. The summed E-state index contributed by atoms with van der Waals surface area (Å²) in [7, 11) is 0. The van der Waals surface area contributed by atoms with Gasteiger partial charge in [-0.15, -0.1) is 0 Å². The summed E-state index contributed by atoms with van der Waals surface area (Å²) >= 11 is 0. The van der Waals surface area contributed by atoms with Gasteiger partial charge in [0.2, 0.25) is 5.91 Å². The zero-order valence-corrected chi connectivity index (χ0v) is 35.0. The SMILES string of the molecule is CCCCCCCCC/C=C\CCCC(CC(=O)NC(CO)C(O)CCCCCCCCCCCCCC)OC(=O)CCCCCCCCCCC. The molecule has 0 aromatic heterocycles. The van der Waals surface area contributed by atoms with Crippen LogP contribution in [0.25, 0.3) is 0 Å². The van der Waals surface area contributed by atoms with E-state index in [0.717, 1.165) is 51.4 Å². The average Bonchev–Trinajstić information content (AvgIpc) is 3.13. The number of nitrogens with one attached hydrogen (secondary N) is 1. The van der Waals surface area contributed by atoms with E-state index in [4.69, 9.17) is 4.74 Å². The highest BCUT2D eigenvalue weighted by molar-refractivity contribution is 5.77. The van der Waals surface area contributed by atoms with Crippen LogP contribution in [-0.4, -0.2) is 46.9 Å². The molecule has 3 atom stereocenters. The Morgan fingerprint density at radius 3 is 1.40 bits per heavy atom. The van der Waals surface area contributed by atoms with Gasteiger partial charge in [-0.05, 0) is 44.9 Å². The number of carbonyl (C=O) groups is 2. The number of carbonyl (C=O) groups excluding carboxylic acids is 2. The van der Waals surface area contributed by atoms with Crippen molar-refractivity contribution in [3.8, 4) is 0 Å². The summed E-state index contributed by atoms with van der Waals surface area (Å²) < 4.78 is 5.87. The van der Waals surface area contributed by atoms with Gasteiger partial charge in [-0.1, -0.05) is 200 Å². The van der Waals surface area contributed by atoms with E-state index in [9.17, 15) is 19.8 Å². The molecule has 0 rings (SSSR count). The lowest BCUT2D eigenvalue weighted by atomic mass is 10.0. The monoisotopic (exact) mass is 736 g/mol. The van der Waals surface area contributed by atoms with Gasteiger partial charge in [-0.25, -0.2) is 0 Å². The molecule has 6 nitrogen and oxygen atoms in total. The first kappa shape index (κ1) is 50.6. The fraction of sp³-hybridized carbons (Fsp3) is 0.913. The van der Waals surface area contributed by atoms with Crippen molar-refractivity contribution in [2.45, 2.75) is 264 Å². The minimum Gasteiger partial charge on any atom is -0.462 e. The molecule has 0 aliphatic rings. The molecule has 0 aromatic carbocycles. The number of hydrogen-bond donors (Lipinski definition) is 3. The molecule has 3 N–H and O–H groups in total. The maximum atomic E-state index is 13.1. The van der Waals surface area contributed by atoms with Gasteiger partial charge >= 0.3 is 5.97 Å². The Morgan fingerprint density at radius 1 is 0.538 bits per heavy atom. The molecule has 0 aliphatic carbocycles. The highest BCUT2D eigenvalue weighted by atomic mass is 16.5. The third-order valence-electron chi connectivity index (χ3n) is 10.6. The van der Waals surface area contributed by atoms with Crippen LogP contribution < -0.4 is 5.32 Å². The van der Waals surface area contributed by atoms with Gasteiger partial charge in [-0.2, -0.15) is 0 Å². The first-order valence-corrected chi connectivity index (χ1v) is 22.9. The largest absolute Gasteiger partial charge is 0.462 e. The van der Waals surface area contributed by atoms with E-state index in [-0.39, 0.29) is 24.9 Å². The van der Waals surface area contributed by atoms with Crippen molar-refractivity contribution in [2.75, 3.05) is 6.61 Å². The number of amides is 1. The van der Waals surface area contributed by atoms with Crippen LogP contribution in [0.5, 0.6) is 0 Å². The number of aliphatic hydroxyl groups is 2. The Labute approximate surface area is 323 Å². The molecule has 52 heavy (non-hydrogen) atoms. The van der Waals surface area contributed by atoms with Crippen LogP contribution in [0, 0.1) is 0 Å². The number of esters is 1. The molecule has 6 heteroatoms. The fourth-order valence-electron chi connectivity index (χ4n) is 7.08. The molecule has 308 valence electrons. The normalized spacial score (nSPS) is 13.4. The van der Waals surface area contributed by atoms with E-state index in [1.807, 2.05) is 0 Å². The van der Waals surface area contributed by atoms with Gasteiger partial charge in [-0.3, -0.25) is 9.59 Å². The summed E-state index contributed by atoms with van der Waals surface area (Å²) in [5, 5.41) is 23.6. The molecule has 0 aliphatic heterocycles. The zero-order valence-electron chi connectivity index (χ0n) is 35.0. The molecule has 0 bridgehead atoms.